The molecule has 1 fully saturated rings. The SMILES string of the molecule is O=C(O)CC1CCN(Cc2c[nH]c3ncccc23)CC1. The van der Waals surface area contributed by atoms with Crippen LogP contribution in [-0.2, 0) is 11.3 Å². The molecule has 0 aliphatic carbocycles. The average Bonchev–Trinajstić information content (AvgIpc) is 2.84. The summed E-state index contributed by atoms with van der Waals surface area (Å²) in [6.45, 7) is 2.86. The number of hydrogen-bond acceptors (Lipinski definition) is 3. The molecule has 20 heavy (non-hydrogen) atoms. The molecule has 0 amide bonds. The highest BCUT2D eigenvalue weighted by Crippen LogP contribution is 2.23. The molecule has 3 heterocycles. The van der Waals surface area contributed by atoms with Crippen LogP contribution >= 0.6 is 0 Å². The van der Waals surface area contributed by atoms with Crippen molar-refractivity contribution in [2.24, 2.45) is 5.92 Å². The summed E-state index contributed by atoms with van der Waals surface area (Å²) in [5, 5.41) is 10.0. The number of pyridine rings is 1. The largest absolute Gasteiger partial charge is 0.481 e. The lowest BCUT2D eigenvalue weighted by molar-refractivity contribution is -0.138. The first-order valence-electron chi connectivity index (χ1n) is 7.07. The summed E-state index contributed by atoms with van der Waals surface area (Å²) in [5.74, 6) is -0.334. The number of hydrogen-bond donors (Lipinski definition) is 2. The van der Waals surface area contributed by atoms with Gasteiger partial charge in [-0.2, -0.15) is 0 Å². The molecule has 5 heteroatoms. The van der Waals surface area contributed by atoms with Crippen molar-refractivity contribution in [3.63, 3.8) is 0 Å². The molecule has 2 aromatic heterocycles. The van der Waals surface area contributed by atoms with E-state index in [4.69, 9.17) is 5.11 Å². The Hall–Kier alpha value is -1.88. The van der Waals surface area contributed by atoms with Crippen LogP contribution in [0.25, 0.3) is 11.0 Å². The monoisotopic (exact) mass is 273 g/mol. The molecule has 0 spiro atoms. The number of carbonyl (C=O) groups is 1. The van der Waals surface area contributed by atoms with E-state index in [1.54, 1.807) is 6.20 Å². The smallest absolute Gasteiger partial charge is 0.303 e. The van der Waals surface area contributed by atoms with E-state index in [9.17, 15) is 4.79 Å². The Labute approximate surface area is 117 Å². The molecule has 0 atom stereocenters. The number of carboxylic acids is 1. The van der Waals surface area contributed by atoms with Gasteiger partial charge in [-0.1, -0.05) is 0 Å². The van der Waals surface area contributed by atoms with Crippen LogP contribution in [0.4, 0.5) is 0 Å². The van der Waals surface area contributed by atoms with E-state index in [1.807, 2.05) is 12.3 Å². The number of aromatic nitrogens is 2. The molecule has 0 unspecified atom stereocenters. The van der Waals surface area contributed by atoms with Gasteiger partial charge in [0, 0.05) is 30.7 Å². The number of nitrogens with one attached hydrogen (secondary N) is 1. The molecule has 0 bridgehead atoms. The van der Waals surface area contributed by atoms with E-state index < -0.39 is 5.97 Å². The second-order valence-electron chi connectivity index (χ2n) is 5.53. The minimum Gasteiger partial charge on any atom is -0.481 e. The van der Waals surface area contributed by atoms with Crippen molar-refractivity contribution < 1.29 is 9.90 Å². The maximum absolute atomic E-state index is 10.7. The van der Waals surface area contributed by atoms with Gasteiger partial charge in [-0.05, 0) is 49.5 Å². The third-order valence-electron chi connectivity index (χ3n) is 4.10. The van der Waals surface area contributed by atoms with Crippen LogP contribution in [0.2, 0.25) is 0 Å². The highest BCUT2D eigenvalue weighted by molar-refractivity contribution is 5.79. The molecular weight excluding hydrogens is 254 g/mol. The minimum atomic E-state index is -0.675. The Morgan fingerprint density at radius 1 is 1.45 bits per heavy atom. The van der Waals surface area contributed by atoms with Gasteiger partial charge >= 0.3 is 5.97 Å². The van der Waals surface area contributed by atoms with Crippen molar-refractivity contribution in [3.8, 4) is 0 Å². The Morgan fingerprint density at radius 2 is 2.25 bits per heavy atom. The zero-order chi connectivity index (χ0) is 13.9. The first-order valence-corrected chi connectivity index (χ1v) is 7.07. The summed E-state index contributed by atoms with van der Waals surface area (Å²) < 4.78 is 0. The predicted octanol–water partition coefficient (Wildman–Crippen LogP) is 2.25. The normalized spacial score (nSPS) is 17.6. The number of aromatic amines is 1. The highest BCUT2D eigenvalue weighted by Gasteiger charge is 2.21. The fourth-order valence-corrected chi connectivity index (χ4v) is 2.98. The zero-order valence-electron chi connectivity index (χ0n) is 11.4. The van der Waals surface area contributed by atoms with E-state index >= 15 is 0 Å². The van der Waals surface area contributed by atoms with E-state index in [2.05, 4.69) is 20.9 Å². The summed E-state index contributed by atoms with van der Waals surface area (Å²) in [4.78, 5) is 20.6. The number of likely N-dealkylation sites (tertiary alicyclic amines) is 1. The van der Waals surface area contributed by atoms with Crippen molar-refractivity contribution >= 4 is 17.0 Å². The summed E-state index contributed by atoms with van der Waals surface area (Å²) >= 11 is 0. The molecule has 1 aliphatic rings. The summed E-state index contributed by atoms with van der Waals surface area (Å²) in [5.41, 5.74) is 2.20. The minimum absolute atomic E-state index is 0.310. The second-order valence-corrected chi connectivity index (χ2v) is 5.53. The van der Waals surface area contributed by atoms with Gasteiger partial charge in [-0.25, -0.2) is 4.98 Å². The molecule has 1 aliphatic heterocycles. The molecule has 2 N–H and O–H groups in total. The molecule has 0 radical (unpaired) electrons. The summed E-state index contributed by atoms with van der Waals surface area (Å²) in [7, 11) is 0. The van der Waals surface area contributed by atoms with Gasteiger partial charge in [-0.3, -0.25) is 9.69 Å². The van der Waals surface area contributed by atoms with E-state index in [0.29, 0.717) is 12.3 Å². The average molecular weight is 273 g/mol. The molecule has 2 aromatic rings. The predicted molar refractivity (Wildman–Crippen MR) is 76.3 cm³/mol. The quantitative estimate of drug-likeness (QED) is 0.896. The van der Waals surface area contributed by atoms with Gasteiger partial charge in [-0.15, -0.1) is 0 Å². The zero-order valence-corrected chi connectivity index (χ0v) is 11.4. The van der Waals surface area contributed by atoms with Gasteiger partial charge < -0.3 is 10.1 Å². The molecule has 0 saturated carbocycles. The van der Waals surface area contributed by atoms with Crippen molar-refractivity contribution in [1.29, 1.82) is 0 Å². The van der Waals surface area contributed by atoms with Gasteiger partial charge in [0.2, 0.25) is 0 Å². The van der Waals surface area contributed by atoms with Gasteiger partial charge in [0.15, 0.2) is 0 Å². The van der Waals surface area contributed by atoms with Crippen LogP contribution in [0, 0.1) is 5.92 Å². The van der Waals surface area contributed by atoms with Crippen LogP contribution in [0.1, 0.15) is 24.8 Å². The number of carboxylic acid groups (broad SMARTS) is 1. The van der Waals surface area contributed by atoms with E-state index in [-0.39, 0.29) is 0 Å². The lowest BCUT2D eigenvalue weighted by Crippen LogP contribution is -2.33. The van der Waals surface area contributed by atoms with Crippen molar-refractivity contribution in [2.45, 2.75) is 25.8 Å². The molecule has 1 saturated heterocycles. The van der Waals surface area contributed by atoms with Crippen LogP contribution < -0.4 is 0 Å². The number of rotatable bonds is 4. The van der Waals surface area contributed by atoms with Gasteiger partial charge in [0.1, 0.15) is 5.65 Å². The first-order chi connectivity index (χ1) is 9.72. The third kappa shape index (κ3) is 2.82. The van der Waals surface area contributed by atoms with Crippen LogP contribution in [0.15, 0.2) is 24.5 Å². The molecular formula is C15H19N3O2. The van der Waals surface area contributed by atoms with Crippen LogP contribution in [0.5, 0.6) is 0 Å². The maximum Gasteiger partial charge on any atom is 0.303 e. The summed E-state index contributed by atoms with van der Waals surface area (Å²) in [6, 6.07) is 4.05. The van der Waals surface area contributed by atoms with Gasteiger partial charge in [0.25, 0.3) is 0 Å². The van der Waals surface area contributed by atoms with E-state index in [1.165, 1.54) is 10.9 Å². The third-order valence-corrected chi connectivity index (χ3v) is 4.10. The number of H-pyrrole nitrogens is 1. The highest BCUT2D eigenvalue weighted by atomic mass is 16.4. The summed E-state index contributed by atoms with van der Waals surface area (Å²) in [6.07, 6.45) is 6.09. The van der Waals surface area contributed by atoms with Crippen molar-refractivity contribution in [3.05, 3.63) is 30.1 Å². The first kappa shape index (κ1) is 13.1. The second kappa shape index (κ2) is 5.63. The topological polar surface area (TPSA) is 69.2 Å². The fraction of sp³-hybridized carbons (Fsp3) is 0.467. The fourth-order valence-electron chi connectivity index (χ4n) is 2.98. The Morgan fingerprint density at radius 3 is 3.00 bits per heavy atom. The lowest BCUT2D eigenvalue weighted by Gasteiger charge is -2.31. The Balaban J connectivity index is 1.61. The Bertz CT molecular complexity index is 600. The van der Waals surface area contributed by atoms with Crippen molar-refractivity contribution in [2.75, 3.05) is 13.1 Å². The van der Waals surface area contributed by atoms with Gasteiger partial charge in [0.05, 0.1) is 0 Å². The van der Waals surface area contributed by atoms with Crippen LogP contribution in [0.3, 0.4) is 0 Å². The molecule has 5 nitrogen and oxygen atoms in total. The lowest BCUT2D eigenvalue weighted by atomic mass is 9.93. The standard InChI is InChI=1S/C15H19N3O2/c19-14(20)8-11-3-6-18(7-4-11)10-12-9-17-15-13(12)2-1-5-16-15/h1-2,5,9,11H,3-4,6-8,10H2,(H,16,17)(H,19,20). The number of aliphatic carboxylic acids is 1. The number of piperidine rings is 1. The van der Waals surface area contributed by atoms with E-state index in [0.717, 1.165) is 38.1 Å². The Kier molecular flexibility index (Phi) is 3.69. The molecule has 3 rings (SSSR count). The number of fused-ring (bicyclic) bond motifs is 1. The number of nitrogens with zero attached hydrogens (tertiary/aromatic N) is 2. The molecule has 106 valence electrons. The maximum atomic E-state index is 10.7. The van der Waals surface area contributed by atoms with Crippen molar-refractivity contribution in [1.82, 2.24) is 14.9 Å². The molecule has 0 aromatic carbocycles. The van der Waals surface area contributed by atoms with Crippen LogP contribution in [-0.4, -0.2) is 39.0 Å².